The summed E-state index contributed by atoms with van der Waals surface area (Å²) in [6, 6.07) is 1.04. The number of carbonyl (C=O) groups excluding carboxylic acids is 1. The van der Waals surface area contributed by atoms with Crippen molar-refractivity contribution in [2.45, 2.75) is 51.1 Å². The third kappa shape index (κ3) is 3.93. The van der Waals surface area contributed by atoms with Crippen molar-refractivity contribution >= 4 is 5.91 Å². The molecule has 1 aliphatic heterocycles. The number of amides is 1. The molecule has 0 aromatic heterocycles. The molecule has 19 heavy (non-hydrogen) atoms. The van der Waals surface area contributed by atoms with Gasteiger partial charge in [-0.05, 0) is 45.1 Å². The predicted molar refractivity (Wildman–Crippen MR) is 78.1 cm³/mol. The number of nitrogens with one attached hydrogen (secondary N) is 1. The van der Waals surface area contributed by atoms with Gasteiger partial charge >= 0.3 is 0 Å². The molecule has 2 rings (SSSR count). The van der Waals surface area contributed by atoms with Crippen LogP contribution in [0.5, 0.6) is 0 Å². The third-order valence-corrected chi connectivity index (χ3v) is 4.97. The summed E-state index contributed by atoms with van der Waals surface area (Å²) >= 11 is 0. The first-order valence-electron chi connectivity index (χ1n) is 7.75. The second-order valence-electron chi connectivity index (χ2n) is 6.43. The third-order valence-electron chi connectivity index (χ3n) is 4.97. The van der Waals surface area contributed by atoms with Gasteiger partial charge in [0, 0.05) is 32.2 Å². The van der Waals surface area contributed by atoms with Crippen molar-refractivity contribution in [2.75, 3.05) is 33.7 Å². The maximum atomic E-state index is 12.3. The molecule has 0 bridgehead atoms. The Hall–Kier alpha value is -0.610. The van der Waals surface area contributed by atoms with Gasteiger partial charge in [-0.15, -0.1) is 0 Å². The lowest BCUT2D eigenvalue weighted by molar-refractivity contribution is -0.133. The van der Waals surface area contributed by atoms with Gasteiger partial charge in [0.25, 0.3) is 0 Å². The molecule has 1 saturated carbocycles. The van der Waals surface area contributed by atoms with Gasteiger partial charge in [0.1, 0.15) is 0 Å². The highest BCUT2D eigenvalue weighted by molar-refractivity contribution is 5.78. The van der Waals surface area contributed by atoms with Crippen LogP contribution >= 0.6 is 0 Å². The number of rotatable bonds is 4. The maximum Gasteiger partial charge on any atom is 0.236 e. The number of likely N-dealkylation sites (tertiary alicyclic amines) is 1. The molecular formula is C15H29N3O. The zero-order valence-corrected chi connectivity index (χ0v) is 12.7. The topological polar surface area (TPSA) is 35.6 Å². The molecule has 1 unspecified atom stereocenters. The molecule has 0 aromatic rings. The Balaban J connectivity index is 1.76. The molecular weight excluding hydrogens is 238 g/mol. The van der Waals surface area contributed by atoms with Crippen molar-refractivity contribution in [3.05, 3.63) is 0 Å². The van der Waals surface area contributed by atoms with Crippen LogP contribution in [0.4, 0.5) is 0 Å². The first-order chi connectivity index (χ1) is 9.10. The molecule has 0 radical (unpaired) electrons. The summed E-state index contributed by atoms with van der Waals surface area (Å²) < 4.78 is 0. The zero-order chi connectivity index (χ0) is 13.8. The van der Waals surface area contributed by atoms with Crippen molar-refractivity contribution in [3.8, 4) is 0 Å². The van der Waals surface area contributed by atoms with Gasteiger partial charge in [0.2, 0.25) is 5.91 Å². The van der Waals surface area contributed by atoms with Gasteiger partial charge in [-0.2, -0.15) is 0 Å². The highest BCUT2D eigenvalue weighted by atomic mass is 16.2. The minimum Gasteiger partial charge on any atom is -0.342 e. The standard InChI is InChI=1S/C15H29N3O/c1-12-4-6-14(7-5-12)17(3)15(19)11-18-9-8-13(10-18)16-2/h12-14,16H,4-11H2,1-3H3. The van der Waals surface area contributed by atoms with E-state index in [0.29, 0.717) is 24.5 Å². The normalized spacial score (nSPS) is 32.5. The van der Waals surface area contributed by atoms with Crippen LogP contribution in [0.1, 0.15) is 39.0 Å². The molecule has 2 aliphatic rings. The van der Waals surface area contributed by atoms with Crippen molar-refractivity contribution in [1.29, 1.82) is 0 Å². The van der Waals surface area contributed by atoms with Crippen molar-refractivity contribution in [1.82, 2.24) is 15.1 Å². The van der Waals surface area contributed by atoms with E-state index in [4.69, 9.17) is 0 Å². The maximum absolute atomic E-state index is 12.3. The number of hydrogen-bond acceptors (Lipinski definition) is 3. The van der Waals surface area contributed by atoms with E-state index >= 15 is 0 Å². The summed E-state index contributed by atoms with van der Waals surface area (Å²) in [6.45, 7) is 4.98. The summed E-state index contributed by atoms with van der Waals surface area (Å²) in [4.78, 5) is 16.6. The van der Waals surface area contributed by atoms with Crippen LogP contribution in [0.25, 0.3) is 0 Å². The lowest BCUT2D eigenvalue weighted by Crippen LogP contribution is -2.44. The molecule has 1 N–H and O–H groups in total. The zero-order valence-electron chi connectivity index (χ0n) is 12.7. The Morgan fingerprint density at radius 1 is 1.26 bits per heavy atom. The van der Waals surface area contributed by atoms with E-state index in [1.807, 2.05) is 19.0 Å². The van der Waals surface area contributed by atoms with Gasteiger partial charge in [0.05, 0.1) is 6.54 Å². The lowest BCUT2D eigenvalue weighted by atomic mass is 9.87. The van der Waals surface area contributed by atoms with Crippen LogP contribution in [-0.2, 0) is 4.79 Å². The fraction of sp³-hybridized carbons (Fsp3) is 0.933. The van der Waals surface area contributed by atoms with E-state index in [1.165, 1.54) is 25.7 Å². The summed E-state index contributed by atoms with van der Waals surface area (Å²) in [5.74, 6) is 1.14. The Morgan fingerprint density at radius 2 is 1.95 bits per heavy atom. The fourth-order valence-corrected chi connectivity index (χ4v) is 3.35. The van der Waals surface area contributed by atoms with Gasteiger partial charge < -0.3 is 10.2 Å². The summed E-state index contributed by atoms with van der Waals surface area (Å²) in [7, 11) is 4.00. The van der Waals surface area contributed by atoms with Gasteiger partial charge in [0.15, 0.2) is 0 Å². The summed E-state index contributed by atoms with van der Waals surface area (Å²) in [5.41, 5.74) is 0. The molecule has 4 heteroatoms. The molecule has 1 aliphatic carbocycles. The SMILES string of the molecule is CNC1CCN(CC(=O)N(C)C2CCC(C)CC2)C1. The van der Waals surface area contributed by atoms with E-state index in [-0.39, 0.29) is 0 Å². The fourth-order valence-electron chi connectivity index (χ4n) is 3.35. The minimum atomic E-state index is 0.302. The minimum absolute atomic E-state index is 0.302. The number of nitrogens with zero attached hydrogens (tertiary/aromatic N) is 2. The van der Waals surface area contributed by atoms with Crippen LogP contribution in [0.3, 0.4) is 0 Å². The second-order valence-corrected chi connectivity index (χ2v) is 6.43. The van der Waals surface area contributed by atoms with Gasteiger partial charge in [-0.1, -0.05) is 6.92 Å². The summed E-state index contributed by atoms with van der Waals surface area (Å²) in [5, 5.41) is 3.30. The van der Waals surface area contributed by atoms with Crippen LogP contribution in [-0.4, -0.2) is 61.5 Å². The van der Waals surface area contributed by atoms with E-state index in [2.05, 4.69) is 17.1 Å². The number of likely N-dealkylation sites (N-methyl/N-ethyl adjacent to an activating group) is 2. The van der Waals surface area contributed by atoms with E-state index < -0.39 is 0 Å². The molecule has 4 nitrogen and oxygen atoms in total. The average Bonchev–Trinajstić information content (AvgIpc) is 2.86. The smallest absolute Gasteiger partial charge is 0.236 e. The first kappa shape index (κ1) is 14.8. The number of carbonyl (C=O) groups is 1. The molecule has 0 aromatic carbocycles. The molecule has 0 spiro atoms. The quantitative estimate of drug-likeness (QED) is 0.834. The first-order valence-corrected chi connectivity index (χ1v) is 7.75. The number of hydrogen-bond donors (Lipinski definition) is 1. The molecule has 1 saturated heterocycles. The Kier molecular flexibility index (Phi) is 5.22. The molecule has 2 fully saturated rings. The molecule has 1 heterocycles. The van der Waals surface area contributed by atoms with Gasteiger partial charge in [-0.25, -0.2) is 0 Å². The average molecular weight is 267 g/mol. The van der Waals surface area contributed by atoms with Crippen LogP contribution in [0.15, 0.2) is 0 Å². The van der Waals surface area contributed by atoms with Crippen molar-refractivity contribution in [2.24, 2.45) is 5.92 Å². The van der Waals surface area contributed by atoms with E-state index in [9.17, 15) is 4.79 Å². The van der Waals surface area contributed by atoms with Gasteiger partial charge in [-0.3, -0.25) is 9.69 Å². The van der Waals surface area contributed by atoms with E-state index in [1.54, 1.807) is 0 Å². The highest BCUT2D eigenvalue weighted by Gasteiger charge is 2.28. The second kappa shape index (κ2) is 6.71. The Morgan fingerprint density at radius 3 is 2.53 bits per heavy atom. The Bertz CT molecular complexity index is 300. The van der Waals surface area contributed by atoms with Crippen LogP contribution in [0, 0.1) is 5.92 Å². The monoisotopic (exact) mass is 267 g/mol. The molecule has 1 amide bonds. The van der Waals surface area contributed by atoms with Crippen molar-refractivity contribution < 1.29 is 4.79 Å². The lowest BCUT2D eigenvalue weighted by Gasteiger charge is -2.34. The summed E-state index contributed by atoms with van der Waals surface area (Å²) in [6.07, 6.45) is 6.07. The van der Waals surface area contributed by atoms with Crippen LogP contribution in [0.2, 0.25) is 0 Å². The Labute approximate surface area is 117 Å². The molecule has 1 atom stereocenters. The predicted octanol–water partition coefficient (Wildman–Crippen LogP) is 1.32. The largest absolute Gasteiger partial charge is 0.342 e. The van der Waals surface area contributed by atoms with E-state index in [0.717, 1.165) is 25.4 Å². The highest BCUT2D eigenvalue weighted by Crippen LogP contribution is 2.26. The molecule has 110 valence electrons. The van der Waals surface area contributed by atoms with Crippen LogP contribution < -0.4 is 5.32 Å². The van der Waals surface area contributed by atoms with Crippen molar-refractivity contribution in [3.63, 3.8) is 0 Å².